The highest BCUT2D eigenvalue weighted by Gasteiger charge is 2.18. The highest BCUT2D eigenvalue weighted by atomic mass is 16.5. The summed E-state index contributed by atoms with van der Waals surface area (Å²) in [5.74, 6) is 0.912. The Kier molecular flexibility index (Phi) is 9.37. The van der Waals surface area contributed by atoms with Crippen molar-refractivity contribution in [3.05, 3.63) is 0 Å². The predicted octanol–water partition coefficient (Wildman–Crippen LogP) is 0.214. The molecule has 0 aromatic rings. The molecule has 0 aliphatic carbocycles. The van der Waals surface area contributed by atoms with Gasteiger partial charge in [-0.15, -0.1) is 0 Å². The van der Waals surface area contributed by atoms with Crippen molar-refractivity contribution in [3.63, 3.8) is 0 Å². The third-order valence-electron chi connectivity index (χ3n) is 3.84. The Morgan fingerprint density at radius 3 is 2.57 bits per heavy atom. The van der Waals surface area contributed by atoms with Crippen LogP contribution in [0.15, 0.2) is 4.99 Å². The van der Waals surface area contributed by atoms with Crippen LogP contribution in [0, 0.1) is 0 Å². The third kappa shape index (κ3) is 7.64. The minimum Gasteiger partial charge on any atom is -0.385 e. The average Bonchev–Trinajstić information content (AvgIpc) is 2.49. The molecule has 6 heteroatoms. The zero-order valence-corrected chi connectivity index (χ0v) is 14.2. The van der Waals surface area contributed by atoms with Crippen LogP contribution >= 0.6 is 0 Å². The normalized spacial score (nSPS) is 19.5. The van der Waals surface area contributed by atoms with Gasteiger partial charge in [0, 0.05) is 59.0 Å². The van der Waals surface area contributed by atoms with E-state index in [0.717, 1.165) is 64.8 Å². The predicted molar refractivity (Wildman–Crippen MR) is 89.0 cm³/mol. The second-order valence-corrected chi connectivity index (χ2v) is 5.68. The average molecular weight is 299 g/mol. The van der Waals surface area contributed by atoms with Gasteiger partial charge in [0.1, 0.15) is 0 Å². The first kappa shape index (κ1) is 18.2. The summed E-state index contributed by atoms with van der Waals surface area (Å²) in [6, 6.07) is 0.494. The molecule has 1 atom stereocenters. The maximum Gasteiger partial charge on any atom is 0.191 e. The number of hydrogen-bond acceptors (Lipinski definition) is 4. The molecule has 0 radical (unpaired) electrons. The molecule has 1 aliphatic heterocycles. The monoisotopic (exact) mass is 299 g/mol. The fourth-order valence-electron chi connectivity index (χ4n) is 2.37. The van der Waals surface area contributed by atoms with Crippen molar-refractivity contribution in [2.45, 2.75) is 26.3 Å². The highest BCUT2D eigenvalue weighted by molar-refractivity contribution is 5.79. The van der Waals surface area contributed by atoms with E-state index in [4.69, 9.17) is 9.73 Å². The lowest BCUT2D eigenvalue weighted by Crippen LogP contribution is -2.49. The van der Waals surface area contributed by atoms with E-state index in [-0.39, 0.29) is 0 Å². The standard InChI is InChI=1S/C15H33N5O/c1-5-16-15(17-7-6-12-21-4)18-13-14(2)20-10-8-19(3)9-11-20/h14H,5-13H2,1-4H3,(H2,16,17,18). The number of piperazine rings is 1. The highest BCUT2D eigenvalue weighted by Crippen LogP contribution is 2.05. The van der Waals surface area contributed by atoms with Gasteiger partial charge in [-0.2, -0.15) is 0 Å². The number of nitrogens with zero attached hydrogens (tertiary/aromatic N) is 3. The molecule has 0 bridgehead atoms. The molecule has 1 unspecified atom stereocenters. The van der Waals surface area contributed by atoms with E-state index in [1.807, 2.05) is 0 Å². The molecule has 0 saturated carbocycles. The summed E-state index contributed by atoms with van der Waals surface area (Å²) in [5.41, 5.74) is 0. The SMILES string of the molecule is CCNC(=NCC(C)N1CCN(C)CC1)NCCCOC. The first-order chi connectivity index (χ1) is 10.2. The third-order valence-corrected chi connectivity index (χ3v) is 3.84. The lowest BCUT2D eigenvalue weighted by Gasteiger charge is -2.35. The zero-order valence-electron chi connectivity index (χ0n) is 14.2. The van der Waals surface area contributed by atoms with Gasteiger partial charge in [-0.1, -0.05) is 0 Å². The van der Waals surface area contributed by atoms with E-state index in [9.17, 15) is 0 Å². The summed E-state index contributed by atoms with van der Waals surface area (Å²) in [7, 11) is 3.92. The fourth-order valence-corrected chi connectivity index (χ4v) is 2.37. The van der Waals surface area contributed by atoms with Crippen molar-refractivity contribution < 1.29 is 4.74 Å². The second kappa shape index (κ2) is 10.8. The topological polar surface area (TPSA) is 52.1 Å². The van der Waals surface area contributed by atoms with Crippen molar-refractivity contribution in [1.82, 2.24) is 20.4 Å². The van der Waals surface area contributed by atoms with Gasteiger partial charge < -0.3 is 20.3 Å². The minimum absolute atomic E-state index is 0.494. The smallest absolute Gasteiger partial charge is 0.191 e. The van der Waals surface area contributed by atoms with Crippen molar-refractivity contribution in [2.75, 3.05) is 66.6 Å². The van der Waals surface area contributed by atoms with Crippen LogP contribution in [0.4, 0.5) is 0 Å². The van der Waals surface area contributed by atoms with Gasteiger partial charge in [-0.25, -0.2) is 0 Å². The first-order valence-electron chi connectivity index (χ1n) is 8.11. The molecule has 6 nitrogen and oxygen atoms in total. The minimum atomic E-state index is 0.494. The Morgan fingerprint density at radius 1 is 1.24 bits per heavy atom. The number of guanidine groups is 1. The van der Waals surface area contributed by atoms with Crippen LogP contribution in [0.2, 0.25) is 0 Å². The van der Waals surface area contributed by atoms with Crippen molar-refractivity contribution in [2.24, 2.45) is 4.99 Å². The summed E-state index contributed by atoms with van der Waals surface area (Å²) in [4.78, 5) is 9.61. The molecule has 0 spiro atoms. The molecular formula is C15H33N5O. The molecular weight excluding hydrogens is 266 g/mol. The van der Waals surface area contributed by atoms with Crippen LogP contribution in [0.3, 0.4) is 0 Å². The Hall–Kier alpha value is -0.850. The summed E-state index contributed by atoms with van der Waals surface area (Å²) in [6.07, 6.45) is 0.995. The van der Waals surface area contributed by atoms with E-state index in [0.29, 0.717) is 6.04 Å². The van der Waals surface area contributed by atoms with Crippen molar-refractivity contribution in [1.29, 1.82) is 0 Å². The van der Waals surface area contributed by atoms with E-state index >= 15 is 0 Å². The molecule has 0 amide bonds. The maximum atomic E-state index is 5.06. The Morgan fingerprint density at radius 2 is 1.95 bits per heavy atom. The first-order valence-corrected chi connectivity index (χ1v) is 8.11. The molecule has 21 heavy (non-hydrogen) atoms. The van der Waals surface area contributed by atoms with E-state index in [1.54, 1.807) is 7.11 Å². The van der Waals surface area contributed by atoms with Crippen LogP contribution in [0.5, 0.6) is 0 Å². The maximum absolute atomic E-state index is 5.06. The van der Waals surface area contributed by atoms with Gasteiger partial charge in [0.05, 0.1) is 6.54 Å². The number of likely N-dealkylation sites (N-methyl/N-ethyl adjacent to an activating group) is 1. The number of aliphatic imine (C=N–C) groups is 1. The van der Waals surface area contributed by atoms with Gasteiger partial charge in [0.2, 0.25) is 0 Å². The number of nitrogens with one attached hydrogen (secondary N) is 2. The van der Waals surface area contributed by atoms with E-state index in [1.165, 1.54) is 0 Å². The summed E-state index contributed by atoms with van der Waals surface area (Å²) in [5, 5.41) is 6.65. The van der Waals surface area contributed by atoms with Gasteiger partial charge in [-0.3, -0.25) is 9.89 Å². The Balaban J connectivity index is 2.33. The van der Waals surface area contributed by atoms with Gasteiger partial charge in [0.15, 0.2) is 5.96 Å². The van der Waals surface area contributed by atoms with Crippen LogP contribution in [-0.4, -0.2) is 88.4 Å². The van der Waals surface area contributed by atoms with Crippen LogP contribution in [-0.2, 0) is 4.74 Å². The molecule has 1 rings (SSSR count). The molecule has 1 aliphatic rings. The van der Waals surface area contributed by atoms with E-state index < -0.39 is 0 Å². The molecule has 0 aromatic carbocycles. The quantitative estimate of drug-likeness (QED) is 0.381. The number of hydrogen-bond donors (Lipinski definition) is 2. The molecule has 1 heterocycles. The molecule has 1 fully saturated rings. The molecule has 1 saturated heterocycles. The van der Waals surface area contributed by atoms with Crippen LogP contribution in [0.25, 0.3) is 0 Å². The number of ether oxygens (including phenoxy) is 1. The Labute approximate surface area is 129 Å². The van der Waals surface area contributed by atoms with Crippen molar-refractivity contribution >= 4 is 5.96 Å². The molecule has 0 aromatic heterocycles. The summed E-state index contributed by atoms with van der Waals surface area (Å²) < 4.78 is 5.06. The van der Waals surface area contributed by atoms with Crippen LogP contribution < -0.4 is 10.6 Å². The van der Waals surface area contributed by atoms with Crippen molar-refractivity contribution in [3.8, 4) is 0 Å². The number of methoxy groups -OCH3 is 1. The summed E-state index contributed by atoms with van der Waals surface area (Å²) in [6.45, 7) is 12.4. The van der Waals surface area contributed by atoms with Crippen LogP contribution in [0.1, 0.15) is 20.3 Å². The van der Waals surface area contributed by atoms with Gasteiger partial charge >= 0.3 is 0 Å². The fraction of sp³-hybridized carbons (Fsp3) is 0.933. The second-order valence-electron chi connectivity index (χ2n) is 5.68. The Bertz CT molecular complexity index is 290. The van der Waals surface area contributed by atoms with Gasteiger partial charge in [-0.05, 0) is 27.3 Å². The molecule has 124 valence electrons. The zero-order chi connectivity index (χ0) is 15.5. The largest absolute Gasteiger partial charge is 0.385 e. The molecule has 2 N–H and O–H groups in total. The lowest BCUT2D eigenvalue weighted by molar-refractivity contribution is 0.122. The van der Waals surface area contributed by atoms with E-state index in [2.05, 4.69) is 41.3 Å². The number of rotatable bonds is 8. The van der Waals surface area contributed by atoms with Gasteiger partial charge in [0.25, 0.3) is 0 Å². The lowest BCUT2D eigenvalue weighted by atomic mass is 10.2. The summed E-state index contributed by atoms with van der Waals surface area (Å²) >= 11 is 0.